The van der Waals surface area contributed by atoms with Crippen molar-refractivity contribution in [2.75, 3.05) is 43.1 Å². The highest BCUT2D eigenvalue weighted by Gasteiger charge is 2.44. The van der Waals surface area contributed by atoms with Crippen molar-refractivity contribution >= 4 is 28.3 Å². The molecule has 4 fully saturated rings. The molecular formula is C37H43N6O3+. The van der Waals surface area contributed by atoms with Gasteiger partial charge in [-0.1, -0.05) is 31.5 Å². The Hall–Kier alpha value is -4.24. The topological polar surface area (TPSA) is 85.2 Å². The zero-order chi connectivity index (χ0) is 31.2. The van der Waals surface area contributed by atoms with E-state index in [2.05, 4.69) is 62.2 Å². The number of ether oxygens (including phenoxy) is 2. The third kappa shape index (κ3) is 5.14. The van der Waals surface area contributed by atoms with E-state index < -0.39 is 0 Å². The standard InChI is InChI=1S/C37H42N6O3/c1-3-24-23-41-19-15-26(24)21-33(41)36(28-14-17-38-30-11-10-27(45-2)22-29(28)30)46-35-13-12-34(39-40-35)42-18-6-9-32(42)37(44)43-20-16-25-7-4-5-8-31(25)43/h4-5,7-8,10-14,17,22,24,26,32-33,36H,3,6,9,15-16,18-21,23H2,1-2H3/p+1/t24-,26-,32+,33+,36-/m0/s1. The number of rotatable bonds is 8. The van der Waals surface area contributed by atoms with Crippen molar-refractivity contribution in [2.24, 2.45) is 11.8 Å². The number of hydrogen-bond acceptors (Lipinski definition) is 7. The molecule has 46 heavy (non-hydrogen) atoms. The number of nitrogens with zero attached hydrogens (tertiary/aromatic N) is 5. The number of methoxy groups -OCH3 is 1. The molecule has 2 aromatic heterocycles. The predicted molar refractivity (Wildman–Crippen MR) is 177 cm³/mol. The third-order valence-corrected chi connectivity index (χ3v) is 11.0. The summed E-state index contributed by atoms with van der Waals surface area (Å²) in [5.41, 5.74) is 4.45. The Kier molecular flexibility index (Phi) is 7.72. The largest absolute Gasteiger partial charge is 0.497 e. The Balaban J connectivity index is 1.07. The van der Waals surface area contributed by atoms with E-state index in [1.165, 1.54) is 18.4 Å². The number of carbonyl (C=O) groups is 1. The molecule has 9 nitrogen and oxygen atoms in total. The molecule has 4 aromatic rings. The Morgan fingerprint density at radius 1 is 1.04 bits per heavy atom. The second-order valence-corrected chi connectivity index (χ2v) is 13.3. The molecule has 9 rings (SSSR count). The minimum absolute atomic E-state index is 0.152. The maximum absolute atomic E-state index is 13.8. The Bertz CT molecular complexity index is 1730. The third-order valence-electron chi connectivity index (χ3n) is 11.0. The van der Waals surface area contributed by atoms with E-state index in [1.54, 1.807) is 7.11 Å². The summed E-state index contributed by atoms with van der Waals surface area (Å²) in [4.78, 5) is 23.9. The van der Waals surface area contributed by atoms with Gasteiger partial charge in [-0.3, -0.25) is 9.69 Å². The summed E-state index contributed by atoms with van der Waals surface area (Å²) >= 11 is 0. The van der Waals surface area contributed by atoms with E-state index in [-0.39, 0.29) is 24.1 Å². The number of pyridine rings is 1. The van der Waals surface area contributed by atoms with Gasteiger partial charge in [0.15, 0.2) is 12.0 Å². The fraction of sp³-hybridized carbons (Fsp3) is 0.459. The van der Waals surface area contributed by atoms with Gasteiger partial charge >= 0.3 is 0 Å². The smallest absolute Gasteiger partial charge is 0.249 e. The summed E-state index contributed by atoms with van der Waals surface area (Å²) in [7, 11) is 1.71. The highest BCUT2D eigenvalue weighted by molar-refractivity contribution is 6.00. The summed E-state index contributed by atoms with van der Waals surface area (Å²) in [5.74, 6) is 3.66. The van der Waals surface area contributed by atoms with Crippen LogP contribution in [0.5, 0.6) is 11.6 Å². The summed E-state index contributed by atoms with van der Waals surface area (Å²) in [6.07, 6.45) is 8.04. The minimum Gasteiger partial charge on any atom is -0.497 e. The van der Waals surface area contributed by atoms with Gasteiger partial charge in [0.25, 0.3) is 0 Å². The average Bonchev–Trinajstić information content (AvgIpc) is 3.78. The van der Waals surface area contributed by atoms with Crippen molar-refractivity contribution in [3.63, 3.8) is 0 Å². The van der Waals surface area contributed by atoms with Crippen LogP contribution < -0.4 is 24.3 Å². The van der Waals surface area contributed by atoms with E-state index in [1.807, 2.05) is 41.4 Å². The fourth-order valence-corrected chi connectivity index (χ4v) is 8.58. The van der Waals surface area contributed by atoms with Crippen LogP contribution in [0.1, 0.15) is 56.3 Å². The maximum Gasteiger partial charge on any atom is 0.249 e. The molecule has 2 aromatic carbocycles. The molecule has 2 bridgehead atoms. The number of anilines is 2. The Morgan fingerprint density at radius 2 is 1.96 bits per heavy atom. The number of carbonyl (C=O) groups excluding carboxylic acids is 1. The molecular weight excluding hydrogens is 576 g/mol. The first kappa shape index (κ1) is 29.2. The number of aromatic nitrogens is 3. The van der Waals surface area contributed by atoms with Crippen molar-refractivity contribution in [1.82, 2.24) is 15.1 Å². The van der Waals surface area contributed by atoms with Gasteiger partial charge in [0.1, 0.15) is 17.9 Å². The first-order valence-electron chi connectivity index (χ1n) is 17.0. The van der Waals surface area contributed by atoms with E-state index in [9.17, 15) is 4.79 Å². The number of piperidine rings is 3. The first-order valence-corrected chi connectivity index (χ1v) is 17.0. The van der Waals surface area contributed by atoms with Gasteiger partial charge in [0, 0.05) is 49.1 Å². The number of H-pyrrole nitrogens is 1. The zero-order valence-electron chi connectivity index (χ0n) is 26.8. The SMILES string of the molecule is CC[C@H]1CN2CC[C@H]1C[C@@H]2[C@@H](Oc1ccc(N2CCC[C@@H]2C(=O)N2CCc3ccccc32)nn1)c1cc[nH+]c2ccc(OC)cc12. The van der Waals surface area contributed by atoms with Crippen LogP contribution >= 0.6 is 0 Å². The number of fused-ring (bicyclic) bond motifs is 5. The number of benzene rings is 2. The number of amides is 1. The minimum atomic E-state index is -0.237. The molecule has 0 spiro atoms. The molecule has 0 saturated carbocycles. The molecule has 4 saturated heterocycles. The van der Waals surface area contributed by atoms with Gasteiger partial charge < -0.3 is 19.3 Å². The summed E-state index contributed by atoms with van der Waals surface area (Å²) in [5, 5.41) is 10.4. The van der Waals surface area contributed by atoms with Crippen LogP contribution in [0.2, 0.25) is 0 Å². The van der Waals surface area contributed by atoms with Crippen molar-refractivity contribution in [2.45, 2.75) is 63.6 Å². The van der Waals surface area contributed by atoms with Crippen LogP contribution in [0.4, 0.5) is 11.5 Å². The maximum atomic E-state index is 13.8. The average molecular weight is 620 g/mol. The van der Waals surface area contributed by atoms with Crippen molar-refractivity contribution in [3.8, 4) is 11.6 Å². The second kappa shape index (κ2) is 12.2. The van der Waals surface area contributed by atoms with Gasteiger partial charge in [-0.2, -0.15) is 0 Å². The quantitative estimate of drug-likeness (QED) is 0.266. The van der Waals surface area contributed by atoms with Gasteiger partial charge in [-0.25, -0.2) is 4.98 Å². The van der Waals surface area contributed by atoms with E-state index in [0.717, 1.165) is 91.5 Å². The monoisotopic (exact) mass is 619 g/mol. The zero-order valence-corrected chi connectivity index (χ0v) is 26.8. The van der Waals surface area contributed by atoms with Crippen molar-refractivity contribution in [1.29, 1.82) is 0 Å². The predicted octanol–water partition coefficient (Wildman–Crippen LogP) is 5.25. The van der Waals surface area contributed by atoms with Crippen LogP contribution in [0, 0.1) is 11.8 Å². The van der Waals surface area contributed by atoms with Gasteiger partial charge in [-0.15, -0.1) is 10.2 Å². The molecule has 1 amide bonds. The van der Waals surface area contributed by atoms with Gasteiger partial charge in [0.05, 0.1) is 18.5 Å². The highest BCUT2D eigenvalue weighted by atomic mass is 16.5. The lowest BCUT2D eigenvalue weighted by Gasteiger charge is -2.51. The first-order chi connectivity index (χ1) is 22.6. The summed E-state index contributed by atoms with van der Waals surface area (Å²) in [6, 6.07) is 20.4. The lowest BCUT2D eigenvalue weighted by Crippen LogP contribution is -2.56. The van der Waals surface area contributed by atoms with Crippen molar-refractivity contribution in [3.05, 3.63) is 78.0 Å². The Morgan fingerprint density at radius 3 is 2.76 bits per heavy atom. The van der Waals surface area contributed by atoms with Crippen LogP contribution in [-0.2, 0) is 11.2 Å². The lowest BCUT2D eigenvalue weighted by atomic mass is 9.72. The molecule has 7 heterocycles. The Labute approximate surface area is 270 Å². The second-order valence-electron chi connectivity index (χ2n) is 13.3. The normalized spacial score (nSPS) is 25.9. The van der Waals surface area contributed by atoms with Crippen LogP contribution in [0.25, 0.3) is 10.9 Å². The fourth-order valence-electron chi connectivity index (χ4n) is 8.58. The molecule has 1 unspecified atom stereocenters. The van der Waals surface area contributed by atoms with Crippen LogP contribution in [-0.4, -0.2) is 66.4 Å². The molecule has 0 aliphatic carbocycles. The number of nitrogens with one attached hydrogen (secondary N) is 1. The number of hydrogen-bond donors (Lipinski definition) is 0. The molecule has 6 atom stereocenters. The van der Waals surface area contributed by atoms with E-state index >= 15 is 0 Å². The molecule has 5 aliphatic heterocycles. The van der Waals surface area contributed by atoms with Gasteiger partial charge in [-0.05, 0) is 80.3 Å². The molecule has 0 radical (unpaired) electrons. The number of para-hydroxylation sites is 1. The molecule has 1 N–H and O–H groups in total. The lowest BCUT2D eigenvalue weighted by molar-refractivity contribution is -0.344. The molecule has 238 valence electrons. The summed E-state index contributed by atoms with van der Waals surface area (Å²) in [6.45, 7) is 6.06. The molecule has 9 heteroatoms. The van der Waals surface area contributed by atoms with Crippen LogP contribution in [0.15, 0.2) is 66.9 Å². The van der Waals surface area contributed by atoms with E-state index in [4.69, 9.17) is 9.47 Å². The molecule has 5 aliphatic rings. The van der Waals surface area contributed by atoms with Crippen LogP contribution in [0.3, 0.4) is 0 Å². The number of aromatic amines is 1. The highest BCUT2D eigenvalue weighted by Crippen LogP contribution is 2.44. The van der Waals surface area contributed by atoms with Crippen molar-refractivity contribution < 1.29 is 19.3 Å². The van der Waals surface area contributed by atoms with E-state index in [0.29, 0.717) is 11.8 Å². The van der Waals surface area contributed by atoms with Gasteiger partial charge in [0.2, 0.25) is 17.3 Å². The summed E-state index contributed by atoms with van der Waals surface area (Å²) < 4.78 is 12.5.